The van der Waals surface area contributed by atoms with E-state index < -0.39 is 5.97 Å². The topological polar surface area (TPSA) is 37.3 Å². The van der Waals surface area contributed by atoms with Crippen LogP contribution in [0.5, 0.6) is 0 Å². The lowest BCUT2D eigenvalue weighted by Crippen LogP contribution is -2.48. The standard InChI is InChI=1S/C11H18O2/c1-10(2)7-11(9(12)13)5-3-8(10)4-6-11/h8H,3-7H2,1-2H3,(H,12,13). The molecule has 0 spiro atoms. The molecule has 0 aliphatic heterocycles. The Morgan fingerprint density at radius 1 is 1.31 bits per heavy atom. The van der Waals surface area contributed by atoms with Crippen molar-refractivity contribution in [2.45, 2.75) is 46.0 Å². The molecule has 0 amide bonds. The molecule has 13 heavy (non-hydrogen) atoms. The minimum atomic E-state index is -0.557. The second-order valence-electron chi connectivity index (χ2n) is 5.53. The fourth-order valence-corrected chi connectivity index (χ4v) is 3.43. The summed E-state index contributed by atoms with van der Waals surface area (Å²) in [5.74, 6) is 0.215. The van der Waals surface area contributed by atoms with Crippen molar-refractivity contribution in [2.24, 2.45) is 16.7 Å². The number of aliphatic carboxylic acids is 1. The lowest BCUT2D eigenvalue weighted by Gasteiger charge is -2.53. The van der Waals surface area contributed by atoms with Gasteiger partial charge < -0.3 is 5.11 Å². The van der Waals surface area contributed by atoms with E-state index in [9.17, 15) is 9.90 Å². The van der Waals surface area contributed by atoms with Crippen molar-refractivity contribution in [3.8, 4) is 0 Å². The summed E-state index contributed by atoms with van der Waals surface area (Å²) < 4.78 is 0. The summed E-state index contributed by atoms with van der Waals surface area (Å²) in [5, 5.41) is 9.25. The van der Waals surface area contributed by atoms with Gasteiger partial charge in [0.15, 0.2) is 0 Å². The Balaban J connectivity index is 2.28. The van der Waals surface area contributed by atoms with Crippen LogP contribution in [0, 0.1) is 16.7 Å². The van der Waals surface area contributed by atoms with Gasteiger partial charge in [0.05, 0.1) is 5.41 Å². The van der Waals surface area contributed by atoms with E-state index in [4.69, 9.17) is 0 Å². The zero-order chi connectivity index (χ0) is 9.69. The van der Waals surface area contributed by atoms with Gasteiger partial charge in [0, 0.05) is 0 Å². The van der Waals surface area contributed by atoms with Crippen LogP contribution in [-0.2, 0) is 4.79 Å². The van der Waals surface area contributed by atoms with Gasteiger partial charge in [0.2, 0.25) is 0 Å². The molecule has 74 valence electrons. The van der Waals surface area contributed by atoms with E-state index >= 15 is 0 Å². The number of fused-ring (bicyclic) bond motifs is 3. The van der Waals surface area contributed by atoms with Crippen LogP contribution in [0.25, 0.3) is 0 Å². The van der Waals surface area contributed by atoms with Gasteiger partial charge in [-0.15, -0.1) is 0 Å². The van der Waals surface area contributed by atoms with Gasteiger partial charge in [0.1, 0.15) is 0 Å². The summed E-state index contributed by atoms with van der Waals surface area (Å²) in [5.41, 5.74) is -0.104. The van der Waals surface area contributed by atoms with Crippen LogP contribution < -0.4 is 0 Å². The van der Waals surface area contributed by atoms with E-state index in [1.165, 1.54) is 0 Å². The molecule has 0 aromatic heterocycles. The van der Waals surface area contributed by atoms with Crippen LogP contribution in [0.3, 0.4) is 0 Å². The minimum absolute atomic E-state index is 0.259. The third kappa shape index (κ3) is 1.18. The number of hydrogen-bond donors (Lipinski definition) is 1. The molecule has 0 radical (unpaired) electrons. The van der Waals surface area contributed by atoms with Crippen LogP contribution in [0.4, 0.5) is 0 Å². The Labute approximate surface area is 79.3 Å². The molecule has 2 nitrogen and oxygen atoms in total. The van der Waals surface area contributed by atoms with Gasteiger partial charge in [0.25, 0.3) is 0 Å². The maximum atomic E-state index is 11.2. The minimum Gasteiger partial charge on any atom is -0.481 e. The van der Waals surface area contributed by atoms with E-state index in [1.54, 1.807) is 0 Å². The molecule has 1 N–H and O–H groups in total. The molecule has 0 heterocycles. The zero-order valence-electron chi connectivity index (χ0n) is 8.47. The number of carboxylic acid groups (broad SMARTS) is 1. The van der Waals surface area contributed by atoms with Crippen molar-refractivity contribution >= 4 is 5.97 Å². The SMILES string of the molecule is CC1(C)CC2(C(=O)O)CCC1CC2. The monoisotopic (exact) mass is 182 g/mol. The predicted molar refractivity (Wildman–Crippen MR) is 50.4 cm³/mol. The first-order valence-corrected chi connectivity index (χ1v) is 5.20. The highest BCUT2D eigenvalue weighted by atomic mass is 16.4. The summed E-state index contributed by atoms with van der Waals surface area (Å²) in [7, 11) is 0. The summed E-state index contributed by atoms with van der Waals surface area (Å²) in [6.45, 7) is 4.46. The molecule has 2 bridgehead atoms. The highest BCUT2D eigenvalue weighted by Gasteiger charge is 2.53. The highest BCUT2D eigenvalue weighted by Crippen LogP contribution is 2.58. The van der Waals surface area contributed by atoms with Crippen LogP contribution in [0.2, 0.25) is 0 Å². The Kier molecular flexibility index (Phi) is 1.73. The molecule has 3 aliphatic rings. The molecule has 3 aliphatic carbocycles. The molecule has 0 aromatic rings. The average molecular weight is 182 g/mol. The highest BCUT2D eigenvalue weighted by molar-refractivity contribution is 5.75. The summed E-state index contributed by atoms with van der Waals surface area (Å²) in [4.78, 5) is 11.2. The van der Waals surface area contributed by atoms with Gasteiger partial charge in [-0.3, -0.25) is 4.79 Å². The van der Waals surface area contributed by atoms with Crippen LogP contribution in [-0.4, -0.2) is 11.1 Å². The lowest BCUT2D eigenvalue weighted by molar-refractivity contribution is -0.162. The van der Waals surface area contributed by atoms with Crippen molar-refractivity contribution in [3.05, 3.63) is 0 Å². The Morgan fingerprint density at radius 2 is 1.85 bits per heavy atom. The smallest absolute Gasteiger partial charge is 0.309 e. The summed E-state index contributed by atoms with van der Waals surface area (Å²) in [6, 6.07) is 0. The summed E-state index contributed by atoms with van der Waals surface area (Å²) >= 11 is 0. The van der Waals surface area contributed by atoms with Crippen molar-refractivity contribution in [1.29, 1.82) is 0 Å². The largest absolute Gasteiger partial charge is 0.481 e. The maximum Gasteiger partial charge on any atom is 0.309 e. The van der Waals surface area contributed by atoms with Gasteiger partial charge in [-0.1, -0.05) is 13.8 Å². The molecule has 2 heteroatoms. The average Bonchev–Trinajstić information content (AvgIpc) is 2.03. The Hall–Kier alpha value is -0.530. The molecule has 0 saturated heterocycles. The lowest BCUT2D eigenvalue weighted by atomic mass is 9.51. The van der Waals surface area contributed by atoms with Crippen molar-refractivity contribution < 1.29 is 9.90 Å². The zero-order valence-corrected chi connectivity index (χ0v) is 8.47. The number of carboxylic acids is 1. The molecule has 0 unspecified atom stereocenters. The molecule has 0 aromatic carbocycles. The maximum absolute atomic E-state index is 11.2. The van der Waals surface area contributed by atoms with Crippen LogP contribution in [0.15, 0.2) is 0 Å². The second-order valence-corrected chi connectivity index (χ2v) is 5.53. The summed E-state index contributed by atoms with van der Waals surface area (Å²) in [6.07, 6.45) is 4.96. The fraction of sp³-hybridized carbons (Fsp3) is 0.909. The molecule has 3 saturated carbocycles. The third-order valence-electron chi connectivity index (χ3n) is 4.30. The van der Waals surface area contributed by atoms with E-state index in [1.807, 2.05) is 0 Å². The quantitative estimate of drug-likeness (QED) is 0.677. The van der Waals surface area contributed by atoms with E-state index in [0.29, 0.717) is 0 Å². The Bertz CT molecular complexity index is 234. The van der Waals surface area contributed by atoms with Crippen molar-refractivity contribution in [3.63, 3.8) is 0 Å². The first-order valence-electron chi connectivity index (χ1n) is 5.20. The number of carbonyl (C=O) groups is 1. The van der Waals surface area contributed by atoms with Gasteiger partial charge in [-0.05, 0) is 43.4 Å². The van der Waals surface area contributed by atoms with Crippen molar-refractivity contribution in [1.82, 2.24) is 0 Å². The van der Waals surface area contributed by atoms with Crippen LogP contribution >= 0.6 is 0 Å². The molecule has 0 atom stereocenters. The molecule has 3 fully saturated rings. The first kappa shape index (κ1) is 9.04. The van der Waals surface area contributed by atoms with E-state index in [2.05, 4.69) is 13.8 Å². The first-order chi connectivity index (χ1) is 5.96. The molecular weight excluding hydrogens is 164 g/mol. The van der Waals surface area contributed by atoms with Gasteiger partial charge in [-0.2, -0.15) is 0 Å². The normalized spacial score (nSPS) is 41.8. The fourth-order valence-electron chi connectivity index (χ4n) is 3.43. The van der Waals surface area contributed by atoms with E-state index in [-0.39, 0.29) is 10.8 Å². The number of rotatable bonds is 1. The third-order valence-corrected chi connectivity index (χ3v) is 4.30. The van der Waals surface area contributed by atoms with Gasteiger partial charge in [-0.25, -0.2) is 0 Å². The molecule has 3 rings (SSSR count). The Morgan fingerprint density at radius 3 is 2.15 bits per heavy atom. The van der Waals surface area contributed by atoms with E-state index in [0.717, 1.165) is 38.0 Å². The number of hydrogen-bond acceptors (Lipinski definition) is 1. The predicted octanol–water partition coefficient (Wildman–Crippen LogP) is 2.68. The molecular formula is C11H18O2. The van der Waals surface area contributed by atoms with Crippen LogP contribution in [0.1, 0.15) is 46.0 Å². The second kappa shape index (κ2) is 2.49. The van der Waals surface area contributed by atoms with Crippen molar-refractivity contribution in [2.75, 3.05) is 0 Å². The van der Waals surface area contributed by atoms with Gasteiger partial charge >= 0.3 is 5.97 Å².